The van der Waals surface area contributed by atoms with Crippen molar-refractivity contribution in [2.45, 2.75) is 62.8 Å². The lowest BCUT2D eigenvalue weighted by Gasteiger charge is -2.29. The fraction of sp³-hybridized carbons (Fsp3) is 0.632. The molecular weight excluding hydrogens is 416 g/mol. The molecule has 142 valence electrons. The SMILES string of the molecule is C[C@@H]1CCCC[C@H]1NS(=O)(=O)c1cc2c(cc1Br)CCN2C(=O)C1CC1. The molecule has 1 aromatic carbocycles. The molecule has 0 saturated heterocycles. The van der Waals surface area contributed by atoms with Gasteiger partial charge >= 0.3 is 0 Å². The van der Waals surface area contributed by atoms with Crippen LogP contribution in [0, 0.1) is 11.8 Å². The maximum Gasteiger partial charge on any atom is 0.242 e. The van der Waals surface area contributed by atoms with E-state index in [0.717, 1.165) is 49.8 Å². The zero-order chi connectivity index (χ0) is 18.5. The van der Waals surface area contributed by atoms with E-state index in [1.165, 1.54) is 6.42 Å². The molecular formula is C19H25BrN2O3S. The second-order valence-electron chi connectivity index (χ2n) is 7.92. The van der Waals surface area contributed by atoms with Gasteiger partial charge in [0.2, 0.25) is 15.9 Å². The third-order valence-corrected chi connectivity index (χ3v) is 8.38. The number of benzene rings is 1. The van der Waals surface area contributed by atoms with Crippen molar-refractivity contribution in [1.29, 1.82) is 0 Å². The average Bonchev–Trinajstić information content (AvgIpc) is 3.36. The molecule has 0 radical (unpaired) electrons. The van der Waals surface area contributed by atoms with Crippen molar-refractivity contribution >= 4 is 37.5 Å². The van der Waals surface area contributed by atoms with Gasteiger partial charge in [-0.2, -0.15) is 0 Å². The molecule has 1 amide bonds. The van der Waals surface area contributed by atoms with Crippen LogP contribution in [-0.4, -0.2) is 26.9 Å². The zero-order valence-electron chi connectivity index (χ0n) is 15.0. The number of amides is 1. The molecule has 0 unspecified atom stereocenters. The van der Waals surface area contributed by atoms with Gasteiger partial charge in [-0.15, -0.1) is 0 Å². The molecule has 0 aromatic heterocycles. The highest BCUT2D eigenvalue weighted by Crippen LogP contribution is 2.39. The third-order valence-electron chi connectivity index (χ3n) is 5.93. The lowest BCUT2D eigenvalue weighted by Crippen LogP contribution is -2.41. The maximum atomic E-state index is 13.0. The first-order valence-corrected chi connectivity index (χ1v) is 11.8. The fourth-order valence-electron chi connectivity index (χ4n) is 4.13. The van der Waals surface area contributed by atoms with Crippen LogP contribution in [0.4, 0.5) is 5.69 Å². The Labute approximate surface area is 163 Å². The van der Waals surface area contributed by atoms with E-state index in [1.807, 2.05) is 6.07 Å². The number of rotatable bonds is 4. The van der Waals surface area contributed by atoms with Crippen LogP contribution in [0.25, 0.3) is 0 Å². The van der Waals surface area contributed by atoms with Crippen LogP contribution in [0.5, 0.6) is 0 Å². The highest BCUT2D eigenvalue weighted by molar-refractivity contribution is 9.10. The molecule has 0 spiro atoms. The summed E-state index contributed by atoms with van der Waals surface area (Å²) < 4.78 is 29.6. The summed E-state index contributed by atoms with van der Waals surface area (Å²) in [7, 11) is -3.63. The van der Waals surface area contributed by atoms with Crippen LogP contribution in [0.15, 0.2) is 21.5 Å². The topological polar surface area (TPSA) is 66.5 Å². The van der Waals surface area contributed by atoms with Crippen LogP contribution in [-0.2, 0) is 21.2 Å². The molecule has 5 nitrogen and oxygen atoms in total. The molecule has 2 saturated carbocycles. The maximum absolute atomic E-state index is 13.0. The first-order valence-electron chi connectivity index (χ1n) is 9.53. The number of carbonyl (C=O) groups excluding carboxylic acids is 1. The van der Waals surface area contributed by atoms with Gasteiger partial charge in [0.1, 0.15) is 0 Å². The summed E-state index contributed by atoms with van der Waals surface area (Å²) in [5, 5.41) is 0. The minimum atomic E-state index is -3.63. The van der Waals surface area contributed by atoms with Crippen LogP contribution in [0.2, 0.25) is 0 Å². The Morgan fingerprint density at radius 1 is 1.19 bits per heavy atom. The van der Waals surface area contributed by atoms with Crippen molar-refractivity contribution in [2.75, 3.05) is 11.4 Å². The Hall–Kier alpha value is -0.920. The monoisotopic (exact) mass is 440 g/mol. The van der Waals surface area contributed by atoms with E-state index in [1.54, 1.807) is 11.0 Å². The quantitative estimate of drug-likeness (QED) is 0.777. The molecule has 2 aliphatic carbocycles. The van der Waals surface area contributed by atoms with Crippen molar-refractivity contribution in [3.8, 4) is 0 Å². The number of halogens is 1. The summed E-state index contributed by atoms with van der Waals surface area (Å²) in [5.41, 5.74) is 1.80. The number of nitrogens with one attached hydrogen (secondary N) is 1. The lowest BCUT2D eigenvalue weighted by atomic mass is 9.87. The van der Waals surface area contributed by atoms with Gasteiger partial charge in [0, 0.05) is 28.7 Å². The van der Waals surface area contributed by atoms with Crippen molar-refractivity contribution in [2.24, 2.45) is 11.8 Å². The van der Waals surface area contributed by atoms with Crippen molar-refractivity contribution < 1.29 is 13.2 Å². The Bertz CT molecular complexity index is 835. The van der Waals surface area contributed by atoms with E-state index < -0.39 is 10.0 Å². The lowest BCUT2D eigenvalue weighted by molar-refractivity contribution is -0.119. The summed E-state index contributed by atoms with van der Waals surface area (Å²) in [6.07, 6.45) is 6.85. The van der Waals surface area contributed by atoms with Crippen LogP contribution < -0.4 is 9.62 Å². The van der Waals surface area contributed by atoms with Gasteiger partial charge in [0.25, 0.3) is 0 Å². The predicted molar refractivity (Wildman–Crippen MR) is 105 cm³/mol. The van der Waals surface area contributed by atoms with Gasteiger partial charge in [-0.05, 0) is 71.6 Å². The average molecular weight is 441 g/mol. The van der Waals surface area contributed by atoms with Crippen LogP contribution in [0.3, 0.4) is 0 Å². The molecule has 2 atom stereocenters. The highest BCUT2D eigenvalue weighted by Gasteiger charge is 2.37. The number of fused-ring (bicyclic) bond motifs is 1. The predicted octanol–water partition coefficient (Wildman–Crippen LogP) is 3.61. The Balaban J connectivity index is 1.63. The molecule has 7 heteroatoms. The number of anilines is 1. The first kappa shape index (κ1) is 18.4. The molecule has 1 N–H and O–H groups in total. The summed E-state index contributed by atoms with van der Waals surface area (Å²) in [6.45, 7) is 2.76. The number of carbonyl (C=O) groups is 1. The minimum Gasteiger partial charge on any atom is -0.312 e. The standard InChI is InChI=1S/C19H25BrN2O3S/c1-12-4-2-3-5-16(12)21-26(24,25)18-11-17-14(10-15(18)20)8-9-22(17)19(23)13-6-7-13/h10-13,16,21H,2-9H2,1H3/t12-,16-/m1/s1. The van der Waals surface area contributed by atoms with Crippen molar-refractivity contribution in [3.63, 3.8) is 0 Å². The number of hydrogen-bond donors (Lipinski definition) is 1. The highest BCUT2D eigenvalue weighted by atomic mass is 79.9. The van der Waals surface area contributed by atoms with E-state index >= 15 is 0 Å². The molecule has 4 rings (SSSR count). The minimum absolute atomic E-state index is 0.0156. The molecule has 1 aliphatic heterocycles. The van der Waals surface area contributed by atoms with Gasteiger partial charge in [-0.3, -0.25) is 4.79 Å². The molecule has 26 heavy (non-hydrogen) atoms. The second kappa shape index (κ2) is 6.91. The normalized spacial score (nSPS) is 26.0. The van der Waals surface area contributed by atoms with Gasteiger partial charge in [-0.1, -0.05) is 19.8 Å². The van der Waals surface area contributed by atoms with Gasteiger partial charge in [0.05, 0.1) is 4.90 Å². The molecule has 3 aliphatic rings. The Morgan fingerprint density at radius 3 is 2.62 bits per heavy atom. The Kier molecular flexibility index (Phi) is 4.90. The summed E-state index contributed by atoms with van der Waals surface area (Å²) in [4.78, 5) is 14.5. The first-order chi connectivity index (χ1) is 12.4. The van der Waals surface area contributed by atoms with Crippen LogP contribution >= 0.6 is 15.9 Å². The van der Waals surface area contributed by atoms with E-state index in [0.29, 0.717) is 16.9 Å². The molecule has 0 bridgehead atoms. The van der Waals surface area contributed by atoms with E-state index in [2.05, 4.69) is 27.6 Å². The summed E-state index contributed by atoms with van der Waals surface area (Å²) >= 11 is 3.44. The molecule has 1 aromatic rings. The number of hydrogen-bond acceptors (Lipinski definition) is 3. The van der Waals surface area contributed by atoms with Gasteiger partial charge in [0.15, 0.2) is 0 Å². The van der Waals surface area contributed by atoms with E-state index in [9.17, 15) is 13.2 Å². The fourth-order valence-corrected chi connectivity index (χ4v) is 6.62. The summed E-state index contributed by atoms with van der Waals surface area (Å²) in [6, 6.07) is 3.54. The molecule has 2 fully saturated rings. The van der Waals surface area contributed by atoms with Crippen molar-refractivity contribution in [1.82, 2.24) is 4.72 Å². The van der Waals surface area contributed by atoms with Crippen molar-refractivity contribution in [3.05, 3.63) is 22.2 Å². The largest absolute Gasteiger partial charge is 0.312 e. The number of nitrogens with zero attached hydrogens (tertiary/aromatic N) is 1. The Morgan fingerprint density at radius 2 is 1.92 bits per heavy atom. The van der Waals surface area contributed by atoms with Gasteiger partial charge in [-0.25, -0.2) is 13.1 Å². The summed E-state index contributed by atoms with van der Waals surface area (Å²) in [5.74, 6) is 0.619. The molecule has 1 heterocycles. The zero-order valence-corrected chi connectivity index (χ0v) is 17.4. The van der Waals surface area contributed by atoms with E-state index in [4.69, 9.17) is 0 Å². The number of sulfonamides is 1. The third kappa shape index (κ3) is 3.45. The second-order valence-corrected chi connectivity index (χ2v) is 10.5. The smallest absolute Gasteiger partial charge is 0.242 e. The van der Waals surface area contributed by atoms with Gasteiger partial charge < -0.3 is 4.90 Å². The van der Waals surface area contributed by atoms with E-state index in [-0.39, 0.29) is 22.8 Å². The van der Waals surface area contributed by atoms with Crippen LogP contribution in [0.1, 0.15) is 51.0 Å².